The minimum atomic E-state index is -1.23. The van der Waals surface area contributed by atoms with Crippen molar-refractivity contribution in [1.29, 1.82) is 0 Å². The van der Waals surface area contributed by atoms with Crippen LogP contribution in [0.5, 0.6) is 0 Å². The highest BCUT2D eigenvalue weighted by Gasteiger charge is 2.36. The van der Waals surface area contributed by atoms with Gasteiger partial charge in [-0.2, -0.15) is 0 Å². The van der Waals surface area contributed by atoms with Crippen LogP contribution in [0.2, 0.25) is 0 Å². The number of carbonyl (C=O) groups excluding carboxylic acids is 4. The zero-order valence-corrected chi connectivity index (χ0v) is 24.5. The predicted molar refractivity (Wildman–Crippen MR) is 161 cm³/mol. The Balaban J connectivity index is 3.11. The summed E-state index contributed by atoms with van der Waals surface area (Å²) in [5, 5.41) is 5.55. The van der Waals surface area contributed by atoms with Gasteiger partial charge in [0.05, 0.1) is 6.04 Å². The number of benzene rings is 1. The molecular formula is C29H48N8O4. The molecule has 0 spiro atoms. The number of aliphatic imine (C=N–C) groups is 1. The molecule has 0 saturated carbocycles. The van der Waals surface area contributed by atoms with Crippen LogP contribution in [0.4, 0.5) is 0 Å². The SMILES string of the molecule is C=CCCC[C@](C)(NN[C@@H](CCCN=C(N)N)C(=O)N[C@H](C=O)CC(C)C)C(=O)N[C@@H](Cc1ccccc1)C(N)=O. The molecule has 1 rings (SSSR count). The summed E-state index contributed by atoms with van der Waals surface area (Å²) in [4.78, 5) is 54.6. The zero-order chi connectivity index (χ0) is 30.8. The molecule has 10 N–H and O–H groups in total. The van der Waals surface area contributed by atoms with Crippen LogP contribution >= 0.6 is 0 Å². The van der Waals surface area contributed by atoms with Gasteiger partial charge in [-0.3, -0.25) is 19.4 Å². The fraction of sp³-hybridized carbons (Fsp3) is 0.552. The second-order valence-corrected chi connectivity index (χ2v) is 10.8. The zero-order valence-electron chi connectivity index (χ0n) is 24.5. The molecular weight excluding hydrogens is 524 g/mol. The number of amides is 3. The standard InChI is InChI=1S/C29H48N8O4/c1-5-6-10-15-29(4,27(41)35-24(25(30)39)18-21-12-8-7-9-13-21)37-36-23(14-11-16-33-28(31)32)26(40)34-22(19-38)17-20(2)3/h5,7-9,12-13,19-20,22-24,36-37H,1,6,10-11,14-18H2,2-4H3,(H2,30,39)(H,34,40)(H,35,41)(H4,31,32,33)/t22-,23-,24-,29-/m0/s1. The number of carbonyl (C=O) groups is 4. The number of hydrogen-bond acceptors (Lipinski definition) is 7. The fourth-order valence-corrected chi connectivity index (χ4v) is 4.18. The number of rotatable bonds is 21. The first-order valence-corrected chi connectivity index (χ1v) is 14.0. The average molecular weight is 573 g/mol. The van der Waals surface area contributed by atoms with Crippen LogP contribution in [-0.4, -0.2) is 60.2 Å². The van der Waals surface area contributed by atoms with Crippen LogP contribution in [-0.2, 0) is 25.6 Å². The molecule has 12 heteroatoms. The number of hydrazine groups is 1. The first-order valence-electron chi connectivity index (χ1n) is 14.0. The van der Waals surface area contributed by atoms with Crippen LogP contribution < -0.4 is 38.7 Å². The Morgan fingerprint density at radius 2 is 1.73 bits per heavy atom. The number of aldehydes is 1. The van der Waals surface area contributed by atoms with E-state index in [4.69, 9.17) is 17.2 Å². The topological polar surface area (TPSA) is 207 Å². The van der Waals surface area contributed by atoms with E-state index in [2.05, 4.69) is 33.1 Å². The summed E-state index contributed by atoms with van der Waals surface area (Å²) in [7, 11) is 0. The van der Waals surface area contributed by atoms with Gasteiger partial charge in [0.15, 0.2) is 5.96 Å². The van der Waals surface area contributed by atoms with Gasteiger partial charge in [0, 0.05) is 13.0 Å². The number of unbranched alkanes of at least 4 members (excludes halogenated alkanes) is 1. The molecule has 0 bridgehead atoms. The molecule has 0 radical (unpaired) electrons. The molecule has 0 fully saturated rings. The van der Waals surface area contributed by atoms with E-state index in [0.29, 0.717) is 51.4 Å². The van der Waals surface area contributed by atoms with Gasteiger partial charge < -0.3 is 32.6 Å². The molecule has 0 aliphatic carbocycles. The normalized spacial score (nSPS) is 14.6. The molecule has 1 aromatic carbocycles. The Hall–Kier alpha value is -3.77. The summed E-state index contributed by atoms with van der Waals surface area (Å²) in [6, 6.07) is 6.84. The highest BCUT2D eigenvalue weighted by Crippen LogP contribution is 2.16. The average Bonchev–Trinajstić information content (AvgIpc) is 2.91. The largest absolute Gasteiger partial charge is 0.370 e. The third kappa shape index (κ3) is 13.9. The van der Waals surface area contributed by atoms with Gasteiger partial charge in [-0.15, -0.1) is 6.58 Å². The van der Waals surface area contributed by atoms with Crippen molar-refractivity contribution in [3.05, 3.63) is 48.6 Å². The third-order valence-electron chi connectivity index (χ3n) is 6.52. The number of primary amides is 1. The molecule has 0 heterocycles. The van der Waals surface area contributed by atoms with E-state index in [1.54, 1.807) is 13.0 Å². The molecule has 1 aromatic rings. The van der Waals surface area contributed by atoms with Crippen molar-refractivity contribution < 1.29 is 19.2 Å². The summed E-state index contributed by atoms with van der Waals surface area (Å²) in [6.45, 7) is 9.64. The van der Waals surface area contributed by atoms with E-state index in [1.807, 2.05) is 44.2 Å². The first-order chi connectivity index (χ1) is 19.4. The molecule has 0 saturated heterocycles. The molecule has 0 unspecified atom stereocenters. The monoisotopic (exact) mass is 572 g/mol. The molecule has 3 amide bonds. The second-order valence-electron chi connectivity index (χ2n) is 10.8. The number of hydrogen-bond donors (Lipinski definition) is 7. The van der Waals surface area contributed by atoms with Gasteiger partial charge in [-0.05, 0) is 56.9 Å². The minimum Gasteiger partial charge on any atom is -0.370 e. The Kier molecular flexibility index (Phi) is 16.0. The van der Waals surface area contributed by atoms with Gasteiger partial charge in [0.1, 0.15) is 23.9 Å². The van der Waals surface area contributed by atoms with E-state index in [-0.39, 0.29) is 18.3 Å². The van der Waals surface area contributed by atoms with Gasteiger partial charge in [0.25, 0.3) is 0 Å². The van der Waals surface area contributed by atoms with Gasteiger partial charge in [-0.1, -0.05) is 50.3 Å². The van der Waals surface area contributed by atoms with Crippen molar-refractivity contribution in [2.24, 2.45) is 28.1 Å². The summed E-state index contributed by atoms with van der Waals surface area (Å²) in [5.41, 5.74) is 22.1. The maximum atomic E-state index is 13.6. The molecule has 0 aliphatic heterocycles. The number of nitrogens with zero attached hydrogens (tertiary/aromatic N) is 1. The lowest BCUT2D eigenvalue weighted by Crippen LogP contribution is -2.65. The third-order valence-corrected chi connectivity index (χ3v) is 6.52. The minimum absolute atomic E-state index is 0.0546. The van der Waals surface area contributed by atoms with Crippen molar-refractivity contribution >= 4 is 30.0 Å². The van der Waals surface area contributed by atoms with Crippen LogP contribution in [0, 0.1) is 5.92 Å². The highest BCUT2D eigenvalue weighted by molar-refractivity contribution is 5.91. The van der Waals surface area contributed by atoms with Crippen molar-refractivity contribution in [2.75, 3.05) is 6.54 Å². The first kappa shape index (κ1) is 35.3. The fourth-order valence-electron chi connectivity index (χ4n) is 4.18. The summed E-state index contributed by atoms with van der Waals surface area (Å²) in [5.74, 6) is -1.39. The quantitative estimate of drug-likeness (QED) is 0.0276. The van der Waals surface area contributed by atoms with E-state index >= 15 is 0 Å². The van der Waals surface area contributed by atoms with E-state index in [0.717, 1.165) is 5.56 Å². The number of nitrogens with one attached hydrogen (secondary N) is 4. The predicted octanol–water partition coefficient (Wildman–Crippen LogP) is 0.560. The van der Waals surface area contributed by atoms with E-state index in [1.165, 1.54) is 0 Å². The van der Waals surface area contributed by atoms with Crippen LogP contribution in [0.1, 0.15) is 64.9 Å². The van der Waals surface area contributed by atoms with Gasteiger partial charge in [-0.25, -0.2) is 10.9 Å². The van der Waals surface area contributed by atoms with Crippen molar-refractivity contribution in [3.8, 4) is 0 Å². The van der Waals surface area contributed by atoms with Crippen molar-refractivity contribution in [3.63, 3.8) is 0 Å². The molecule has 228 valence electrons. The molecule has 41 heavy (non-hydrogen) atoms. The highest BCUT2D eigenvalue weighted by atomic mass is 16.2. The molecule has 0 aromatic heterocycles. The van der Waals surface area contributed by atoms with Crippen LogP contribution in [0.15, 0.2) is 48.0 Å². The molecule has 4 atom stereocenters. The summed E-state index contributed by atoms with van der Waals surface area (Å²) in [6.07, 6.45) is 5.59. The van der Waals surface area contributed by atoms with Crippen molar-refractivity contribution in [2.45, 2.75) is 89.4 Å². The molecule has 12 nitrogen and oxygen atoms in total. The lowest BCUT2D eigenvalue weighted by molar-refractivity contribution is -0.133. The lowest BCUT2D eigenvalue weighted by atomic mass is 9.93. The summed E-state index contributed by atoms with van der Waals surface area (Å²) >= 11 is 0. The Bertz CT molecular complexity index is 1010. The number of allylic oxidation sites excluding steroid dienone is 1. The second kappa shape index (κ2) is 18.6. The lowest BCUT2D eigenvalue weighted by Gasteiger charge is -2.33. The van der Waals surface area contributed by atoms with Crippen LogP contribution in [0.3, 0.4) is 0 Å². The summed E-state index contributed by atoms with van der Waals surface area (Å²) < 4.78 is 0. The van der Waals surface area contributed by atoms with Crippen molar-refractivity contribution in [1.82, 2.24) is 21.5 Å². The Morgan fingerprint density at radius 1 is 1.05 bits per heavy atom. The number of nitrogens with two attached hydrogens (primary N) is 3. The number of guanidine groups is 1. The Morgan fingerprint density at radius 3 is 2.29 bits per heavy atom. The van der Waals surface area contributed by atoms with Crippen LogP contribution in [0.25, 0.3) is 0 Å². The Labute approximate surface area is 243 Å². The van der Waals surface area contributed by atoms with E-state index in [9.17, 15) is 19.2 Å². The van der Waals surface area contributed by atoms with E-state index < -0.39 is 41.4 Å². The maximum Gasteiger partial charge on any atom is 0.241 e. The van der Waals surface area contributed by atoms with Gasteiger partial charge >= 0.3 is 0 Å². The van der Waals surface area contributed by atoms with Gasteiger partial charge in [0.2, 0.25) is 17.7 Å². The smallest absolute Gasteiger partial charge is 0.241 e. The molecule has 0 aliphatic rings. The maximum absolute atomic E-state index is 13.6.